The summed E-state index contributed by atoms with van der Waals surface area (Å²) in [6.45, 7) is 5.54. The van der Waals surface area contributed by atoms with Crippen LogP contribution >= 0.6 is 11.3 Å². The molecule has 4 nitrogen and oxygen atoms in total. The second-order valence-corrected chi connectivity index (χ2v) is 7.37. The van der Waals surface area contributed by atoms with Crippen LogP contribution in [0.25, 0.3) is 12.2 Å². The van der Waals surface area contributed by atoms with E-state index in [9.17, 15) is 9.59 Å². The van der Waals surface area contributed by atoms with Crippen LogP contribution in [-0.4, -0.2) is 10.4 Å². The van der Waals surface area contributed by atoms with Crippen molar-refractivity contribution < 1.29 is 4.79 Å². The minimum Gasteiger partial charge on any atom is -0.302 e. The van der Waals surface area contributed by atoms with E-state index in [0.717, 1.165) is 5.56 Å². The van der Waals surface area contributed by atoms with E-state index in [1.54, 1.807) is 31.3 Å². The van der Waals surface area contributed by atoms with Crippen LogP contribution in [0.2, 0.25) is 0 Å². The maximum Gasteiger partial charge on any atom is 0.268 e. The molecule has 1 aromatic carbocycles. The standard InChI is InChI=1S/C18H18N2O2S/c1-18(2,3)15(21)10-16-20(4)17(22)14(23-16)9-12-6-5-7-13(8-12)11-19/h5-10H,1-4H3/b14-9-,16-10-. The third-order valence-electron chi connectivity index (χ3n) is 3.37. The Hall–Kier alpha value is -2.45. The molecular formula is C18H18N2O2S. The minimum absolute atomic E-state index is 0.0209. The normalized spacial score (nSPS) is 13.2. The molecule has 0 unspecified atom stereocenters. The molecule has 23 heavy (non-hydrogen) atoms. The van der Waals surface area contributed by atoms with Crippen LogP contribution in [0, 0.1) is 16.7 Å². The third kappa shape index (κ3) is 3.85. The number of nitrogens with zero attached hydrogens (tertiary/aromatic N) is 2. The van der Waals surface area contributed by atoms with Gasteiger partial charge in [-0.25, -0.2) is 0 Å². The quantitative estimate of drug-likeness (QED) is 0.841. The Morgan fingerprint density at radius 1 is 1.35 bits per heavy atom. The summed E-state index contributed by atoms with van der Waals surface area (Å²) in [7, 11) is 1.66. The molecule has 0 aliphatic carbocycles. The van der Waals surface area contributed by atoms with Crippen molar-refractivity contribution in [2.75, 3.05) is 0 Å². The van der Waals surface area contributed by atoms with Gasteiger partial charge in [0.1, 0.15) is 4.66 Å². The number of benzene rings is 1. The molecule has 0 fully saturated rings. The average molecular weight is 326 g/mol. The SMILES string of the molecule is Cn1c(=O)/c(=C/c2cccc(C#N)c2)s/c1=C\C(=O)C(C)(C)C. The largest absolute Gasteiger partial charge is 0.302 e. The molecule has 1 aromatic heterocycles. The fraction of sp³-hybridized carbons (Fsp3) is 0.278. The van der Waals surface area contributed by atoms with Gasteiger partial charge in [0.25, 0.3) is 5.56 Å². The van der Waals surface area contributed by atoms with Gasteiger partial charge in [0.15, 0.2) is 5.78 Å². The number of hydrogen-bond donors (Lipinski definition) is 0. The molecule has 0 radical (unpaired) electrons. The molecule has 0 bridgehead atoms. The Morgan fingerprint density at radius 2 is 2.04 bits per heavy atom. The van der Waals surface area contributed by atoms with Crippen LogP contribution in [0.15, 0.2) is 29.1 Å². The van der Waals surface area contributed by atoms with E-state index in [1.165, 1.54) is 22.0 Å². The molecule has 0 aliphatic rings. The van der Waals surface area contributed by atoms with Gasteiger partial charge >= 0.3 is 0 Å². The summed E-state index contributed by atoms with van der Waals surface area (Å²) >= 11 is 1.27. The van der Waals surface area contributed by atoms with Crippen LogP contribution in [0.3, 0.4) is 0 Å². The zero-order valence-corrected chi connectivity index (χ0v) is 14.4. The maximum absolute atomic E-state index is 12.3. The molecule has 0 atom stereocenters. The van der Waals surface area contributed by atoms with Gasteiger partial charge in [-0.3, -0.25) is 9.59 Å². The first-order valence-corrected chi connectivity index (χ1v) is 7.98. The van der Waals surface area contributed by atoms with Crippen LogP contribution in [-0.2, 0) is 11.8 Å². The molecule has 2 rings (SSSR count). The second-order valence-electron chi connectivity index (χ2n) is 6.31. The highest BCUT2D eigenvalue weighted by molar-refractivity contribution is 7.07. The highest BCUT2D eigenvalue weighted by atomic mass is 32.1. The fourth-order valence-electron chi connectivity index (χ4n) is 1.89. The maximum atomic E-state index is 12.3. The first-order valence-electron chi connectivity index (χ1n) is 7.16. The average Bonchev–Trinajstić information content (AvgIpc) is 2.75. The second kappa shape index (κ2) is 6.35. The Kier molecular flexibility index (Phi) is 4.67. The molecule has 1 heterocycles. The van der Waals surface area contributed by atoms with Gasteiger partial charge in [-0.1, -0.05) is 32.9 Å². The zero-order valence-electron chi connectivity index (χ0n) is 13.6. The van der Waals surface area contributed by atoms with Crippen molar-refractivity contribution in [3.63, 3.8) is 0 Å². The minimum atomic E-state index is -0.481. The van der Waals surface area contributed by atoms with Crippen molar-refractivity contribution in [2.45, 2.75) is 20.8 Å². The topological polar surface area (TPSA) is 62.9 Å². The molecule has 0 amide bonds. The Balaban J connectivity index is 2.59. The van der Waals surface area contributed by atoms with Crippen LogP contribution in [0.4, 0.5) is 0 Å². The van der Waals surface area contributed by atoms with Crippen molar-refractivity contribution in [3.05, 3.63) is 54.9 Å². The van der Waals surface area contributed by atoms with Gasteiger partial charge < -0.3 is 4.57 Å². The van der Waals surface area contributed by atoms with E-state index in [1.807, 2.05) is 26.8 Å². The van der Waals surface area contributed by atoms with Crippen molar-refractivity contribution in [2.24, 2.45) is 12.5 Å². The number of nitriles is 1. The predicted molar refractivity (Wildman–Crippen MR) is 92.5 cm³/mol. The van der Waals surface area contributed by atoms with Gasteiger partial charge in [0.05, 0.1) is 16.2 Å². The van der Waals surface area contributed by atoms with E-state index in [0.29, 0.717) is 14.8 Å². The number of Topliss-reactive ketones (excluding diaryl/α,β-unsaturated/α-hetero) is 1. The Bertz CT molecular complexity index is 966. The molecule has 118 valence electrons. The predicted octanol–water partition coefficient (Wildman–Crippen LogP) is 1.54. The van der Waals surface area contributed by atoms with Crippen LogP contribution in [0.5, 0.6) is 0 Å². The summed E-state index contributed by atoms with van der Waals surface area (Å²) < 4.78 is 2.64. The highest BCUT2D eigenvalue weighted by Crippen LogP contribution is 2.14. The number of aromatic nitrogens is 1. The summed E-state index contributed by atoms with van der Waals surface area (Å²) in [4.78, 5) is 24.5. The lowest BCUT2D eigenvalue weighted by molar-refractivity contribution is -0.120. The summed E-state index contributed by atoms with van der Waals surface area (Å²) in [6.07, 6.45) is 3.27. The van der Waals surface area contributed by atoms with Gasteiger partial charge in [-0.2, -0.15) is 5.26 Å². The van der Waals surface area contributed by atoms with Gasteiger partial charge in [-0.05, 0) is 23.8 Å². The van der Waals surface area contributed by atoms with E-state index in [4.69, 9.17) is 5.26 Å². The molecule has 0 N–H and O–H groups in total. The summed E-state index contributed by atoms with van der Waals surface area (Å²) in [5.74, 6) is -0.0209. The van der Waals surface area contributed by atoms with E-state index < -0.39 is 5.41 Å². The van der Waals surface area contributed by atoms with Crippen LogP contribution in [0.1, 0.15) is 31.9 Å². The van der Waals surface area contributed by atoms with Crippen LogP contribution < -0.4 is 14.8 Å². The van der Waals surface area contributed by atoms with Gasteiger partial charge in [0.2, 0.25) is 0 Å². The van der Waals surface area contributed by atoms with E-state index >= 15 is 0 Å². The third-order valence-corrected chi connectivity index (χ3v) is 4.48. The summed E-state index contributed by atoms with van der Waals surface area (Å²) in [5, 5.41) is 8.94. The Morgan fingerprint density at radius 3 is 2.65 bits per heavy atom. The monoisotopic (exact) mass is 326 g/mol. The highest BCUT2D eigenvalue weighted by Gasteiger charge is 2.19. The number of thiazole rings is 1. The molecule has 0 aliphatic heterocycles. The number of ketones is 1. The van der Waals surface area contributed by atoms with E-state index in [2.05, 4.69) is 6.07 Å². The van der Waals surface area contributed by atoms with Gasteiger partial charge in [0, 0.05) is 18.5 Å². The lowest BCUT2D eigenvalue weighted by Gasteiger charge is -2.12. The molecule has 0 saturated heterocycles. The summed E-state index contributed by atoms with van der Waals surface area (Å²) in [5.41, 5.74) is 0.703. The molecule has 0 spiro atoms. The molecule has 5 heteroatoms. The first-order chi connectivity index (χ1) is 10.7. The Labute approximate surface area is 138 Å². The number of carbonyl (C=O) groups excluding carboxylic acids is 1. The first kappa shape index (κ1) is 16.9. The molecule has 0 saturated carbocycles. The lowest BCUT2D eigenvalue weighted by atomic mass is 9.91. The number of rotatable bonds is 2. The number of carbonyl (C=O) groups is 1. The van der Waals surface area contributed by atoms with Crippen molar-refractivity contribution in [1.82, 2.24) is 4.57 Å². The zero-order chi connectivity index (χ0) is 17.2. The van der Waals surface area contributed by atoms with Crippen molar-refractivity contribution >= 4 is 29.3 Å². The molecular weight excluding hydrogens is 308 g/mol. The number of hydrogen-bond acceptors (Lipinski definition) is 4. The van der Waals surface area contributed by atoms with Crippen molar-refractivity contribution in [3.8, 4) is 6.07 Å². The van der Waals surface area contributed by atoms with Gasteiger partial charge in [-0.15, -0.1) is 11.3 Å². The lowest BCUT2D eigenvalue weighted by Crippen LogP contribution is -2.30. The molecule has 2 aromatic rings. The smallest absolute Gasteiger partial charge is 0.268 e. The summed E-state index contributed by atoms with van der Waals surface area (Å²) in [6, 6.07) is 9.13. The van der Waals surface area contributed by atoms with E-state index in [-0.39, 0.29) is 11.3 Å². The fourth-order valence-corrected chi connectivity index (χ4v) is 2.92. The van der Waals surface area contributed by atoms with Crippen molar-refractivity contribution in [1.29, 1.82) is 5.26 Å².